The Hall–Kier alpha value is -2.56. The lowest BCUT2D eigenvalue weighted by atomic mass is 9.92. The Labute approximate surface area is 192 Å². The first-order chi connectivity index (χ1) is 14.9. The predicted octanol–water partition coefficient (Wildman–Crippen LogP) is 6.18. The molecule has 5 heteroatoms. The molecule has 5 nitrogen and oxygen atoms in total. The minimum atomic E-state index is -0.592. The standard InChI is InChI=1S/C27H38O5/c1-17(2)22(16-24(28)32-27(6,7)8)26(29)30-19(5)25(18(3)4)31-23-15-11-13-20-12-9-10-14-21(20)23/h9-15,17-19,22,25H,16H2,1-8H3/t19-,22-,25+/m0/s1. The van der Waals surface area contributed by atoms with Crippen molar-refractivity contribution in [1.29, 1.82) is 0 Å². The number of hydrogen-bond acceptors (Lipinski definition) is 5. The second-order valence-corrected chi connectivity index (χ2v) is 10.1. The molecule has 0 amide bonds. The number of carbonyl (C=O) groups excluding carboxylic acids is 2. The Morgan fingerprint density at radius 1 is 0.875 bits per heavy atom. The van der Waals surface area contributed by atoms with Crippen LogP contribution in [0.25, 0.3) is 10.8 Å². The Bertz CT molecular complexity index is 904. The van der Waals surface area contributed by atoms with E-state index in [1.54, 1.807) is 0 Å². The first kappa shape index (κ1) is 25.7. The molecule has 2 aromatic carbocycles. The van der Waals surface area contributed by atoms with Crippen molar-refractivity contribution >= 4 is 22.7 Å². The summed E-state index contributed by atoms with van der Waals surface area (Å²) in [6.45, 7) is 15.2. The zero-order valence-corrected chi connectivity index (χ0v) is 20.7. The summed E-state index contributed by atoms with van der Waals surface area (Å²) < 4.78 is 17.6. The Morgan fingerprint density at radius 3 is 2.09 bits per heavy atom. The van der Waals surface area contributed by atoms with Crippen LogP contribution >= 0.6 is 0 Å². The van der Waals surface area contributed by atoms with Crippen LogP contribution in [-0.4, -0.2) is 29.7 Å². The molecule has 2 aromatic rings. The molecule has 0 aliphatic carbocycles. The highest BCUT2D eigenvalue weighted by atomic mass is 16.6. The molecule has 0 aromatic heterocycles. The van der Waals surface area contributed by atoms with E-state index in [4.69, 9.17) is 14.2 Å². The van der Waals surface area contributed by atoms with Gasteiger partial charge >= 0.3 is 11.9 Å². The lowest BCUT2D eigenvalue weighted by molar-refractivity contribution is -0.168. The number of fused-ring (bicyclic) bond motifs is 1. The highest BCUT2D eigenvalue weighted by Gasteiger charge is 2.33. The highest BCUT2D eigenvalue weighted by molar-refractivity contribution is 5.88. The second-order valence-electron chi connectivity index (χ2n) is 10.1. The van der Waals surface area contributed by atoms with Gasteiger partial charge in [-0.15, -0.1) is 0 Å². The van der Waals surface area contributed by atoms with Crippen molar-refractivity contribution in [2.45, 2.75) is 79.6 Å². The summed E-state index contributed by atoms with van der Waals surface area (Å²) >= 11 is 0. The minimum absolute atomic E-state index is 0.00296. The fourth-order valence-electron chi connectivity index (χ4n) is 3.71. The van der Waals surface area contributed by atoms with Crippen molar-refractivity contribution in [3.63, 3.8) is 0 Å². The van der Waals surface area contributed by atoms with Crippen molar-refractivity contribution in [2.75, 3.05) is 0 Å². The summed E-state index contributed by atoms with van der Waals surface area (Å²) in [5, 5.41) is 2.11. The number of hydrogen-bond donors (Lipinski definition) is 0. The van der Waals surface area contributed by atoms with E-state index in [1.807, 2.05) is 97.9 Å². The highest BCUT2D eigenvalue weighted by Crippen LogP contribution is 2.29. The van der Waals surface area contributed by atoms with Crippen LogP contribution in [0.2, 0.25) is 0 Å². The van der Waals surface area contributed by atoms with Gasteiger partial charge in [0.05, 0.1) is 12.3 Å². The summed E-state index contributed by atoms with van der Waals surface area (Å²) in [6, 6.07) is 14.0. The average Bonchev–Trinajstić information content (AvgIpc) is 2.68. The van der Waals surface area contributed by atoms with Gasteiger partial charge in [0.2, 0.25) is 0 Å². The third-order valence-corrected chi connectivity index (χ3v) is 5.35. The molecule has 0 bridgehead atoms. The molecular weight excluding hydrogens is 404 g/mol. The largest absolute Gasteiger partial charge is 0.486 e. The summed E-state index contributed by atoms with van der Waals surface area (Å²) in [7, 11) is 0. The lowest BCUT2D eigenvalue weighted by Gasteiger charge is -2.30. The van der Waals surface area contributed by atoms with Crippen molar-refractivity contribution < 1.29 is 23.8 Å². The van der Waals surface area contributed by atoms with Crippen LogP contribution in [0, 0.1) is 17.8 Å². The van der Waals surface area contributed by atoms with Gasteiger partial charge in [-0.3, -0.25) is 9.59 Å². The summed E-state index contributed by atoms with van der Waals surface area (Å²) in [4.78, 5) is 25.3. The van der Waals surface area contributed by atoms with Gasteiger partial charge < -0.3 is 14.2 Å². The van der Waals surface area contributed by atoms with Crippen LogP contribution in [-0.2, 0) is 19.1 Å². The van der Waals surface area contributed by atoms with Gasteiger partial charge in [0.25, 0.3) is 0 Å². The first-order valence-corrected chi connectivity index (χ1v) is 11.5. The van der Waals surface area contributed by atoms with E-state index in [1.165, 1.54) is 0 Å². The first-order valence-electron chi connectivity index (χ1n) is 11.5. The van der Waals surface area contributed by atoms with E-state index in [2.05, 4.69) is 0 Å². The lowest BCUT2D eigenvalue weighted by Crippen LogP contribution is -2.40. The van der Waals surface area contributed by atoms with E-state index in [9.17, 15) is 9.59 Å². The maximum absolute atomic E-state index is 13.0. The fourth-order valence-corrected chi connectivity index (χ4v) is 3.71. The van der Waals surface area contributed by atoms with Crippen LogP contribution in [0.5, 0.6) is 5.75 Å². The predicted molar refractivity (Wildman–Crippen MR) is 128 cm³/mol. The molecule has 0 heterocycles. The molecule has 3 atom stereocenters. The van der Waals surface area contributed by atoms with E-state index >= 15 is 0 Å². The quantitative estimate of drug-likeness (QED) is 0.434. The monoisotopic (exact) mass is 442 g/mol. The van der Waals surface area contributed by atoms with Crippen molar-refractivity contribution in [3.8, 4) is 5.75 Å². The molecule has 2 rings (SSSR count). The van der Waals surface area contributed by atoms with E-state index in [0.29, 0.717) is 0 Å². The van der Waals surface area contributed by atoms with Crippen LogP contribution in [0.3, 0.4) is 0 Å². The number of carbonyl (C=O) groups is 2. The van der Waals surface area contributed by atoms with Crippen molar-refractivity contribution in [2.24, 2.45) is 17.8 Å². The topological polar surface area (TPSA) is 61.8 Å². The normalized spacial score (nSPS) is 14.8. The van der Waals surface area contributed by atoms with Crippen molar-refractivity contribution in [1.82, 2.24) is 0 Å². The van der Waals surface area contributed by atoms with Gasteiger partial charge in [0.15, 0.2) is 0 Å². The molecule has 0 radical (unpaired) electrons. The van der Waals surface area contributed by atoms with Gasteiger partial charge in [-0.2, -0.15) is 0 Å². The number of esters is 2. The number of benzene rings is 2. The van der Waals surface area contributed by atoms with Gasteiger partial charge in [-0.25, -0.2) is 0 Å². The van der Waals surface area contributed by atoms with Crippen molar-refractivity contribution in [3.05, 3.63) is 42.5 Å². The molecule has 0 spiro atoms. The Balaban J connectivity index is 2.14. The van der Waals surface area contributed by atoms with E-state index in [-0.39, 0.29) is 24.4 Å². The zero-order chi connectivity index (χ0) is 24.1. The third kappa shape index (κ3) is 7.25. The second kappa shape index (κ2) is 10.8. The Morgan fingerprint density at radius 2 is 1.50 bits per heavy atom. The fraction of sp³-hybridized carbons (Fsp3) is 0.556. The average molecular weight is 443 g/mol. The van der Waals surface area contributed by atoms with Gasteiger partial charge in [0, 0.05) is 5.39 Å². The van der Waals surface area contributed by atoms with Gasteiger partial charge in [-0.1, -0.05) is 64.1 Å². The summed E-state index contributed by atoms with van der Waals surface area (Å²) in [5.41, 5.74) is -0.592. The third-order valence-electron chi connectivity index (χ3n) is 5.35. The molecule has 176 valence electrons. The maximum atomic E-state index is 13.0. The zero-order valence-electron chi connectivity index (χ0n) is 20.7. The maximum Gasteiger partial charge on any atom is 0.310 e. The number of rotatable bonds is 9. The molecule has 0 fully saturated rings. The minimum Gasteiger partial charge on any atom is -0.486 e. The summed E-state index contributed by atoms with van der Waals surface area (Å²) in [5.74, 6) is -0.547. The van der Waals surface area contributed by atoms with Crippen LogP contribution < -0.4 is 4.74 Å². The van der Waals surface area contributed by atoms with Crippen LogP contribution in [0.15, 0.2) is 42.5 Å². The van der Waals surface area contributed by atoms with E-state index < -0.39 is 29.6 Å². The van der Waals surface area contributed by atoms with Crippen LogP contribution in [0.4, 0.5) is 0 Å². The Kier molecular flexibility index (Phi) is 8.71. The van der Waals surface area contributed by atoms with Crippen LogP contribution in [0.1, 0.15) is 61.8 Å². The summed E-state index contributed by atoms with van der Waals surface area (Å²) in [6.07, 6.45) is -0.822. The van der Waals surface area contributed by atoms with Gasteiger partial charge in [-0.05, 0) is 51.0 Å². The van der Waals surface area contributed by atoms with E-state index in [0.717, 1.165) is 16.5 Å². The van der Waals surface area contributed by atoms with Gasteiger partial charge in [0.1, 0.15) is 23.6 Å². The molecule has 0 unspecified atom stereocenters. The molecule has 0 saturated carbocycles. The molecular formula is C27H38O5. The molecule has 0 aliphatic rings. The number of ether oxygens (including phenoxy) is 3. The molecule has 32 heavy (non-hydrogen) atoms. The SMILES string of the molecule is CC(C)[C@H](CC(=O)OC(C)(C)C)C(=O)O[C@@H](C)[C@H](Oc1cccc2ccccc12)C(C)C. The molecule has 0 saturated heterocycles. The smallest absolute Gasteiger partial charge is 0.310 e. The molecule has 0 aliphatic heterocycles. The molecule has 0 N–H and O–H groups in total.